The van der Waals surface area contributed by atoms with E-state index in [4.69, 9.17) is 11.6 Å². The Morgan fingerprint density at radius 2 is 1.73 bits per heavy atom. The third-order valence-electron chi connectivity index (χ3n) is 4.53. The Balaban J connectivity index is 1.65. The van der Waals surface area contributed by atoms with Gasteiger partial charge in [-0.1, -0.05) is 11.6 Å². The lowest BCUT2D eigenvalue weighted by Gasteiger charge is -2.24. The second kappa shape index (κ2) is 9.61. The highest BCUT2D eigenvalue weighted by molar-refractivity contribution is 7.92. The van der Waals surface area contributed by atoms with Crippen LogP contribution in [0.2, 0.25) is 5.02 Å². The number of carbonyl (C=O) groups excluding carboxylic acids is 1. The highest BCUT2D eigenvalue weighted by Crippen LogP contribution is 2.21. The van der Waals surface area contributed by atoms with E-state index in [2.05, 4.69) is 15.4 Å². The predicted molar refractivity (Wildman–Crippen MR) is 122 cm³/mol. The molecular formula is C21H22ClN3O3S2. The average molecular weight is 464 g/mol. The fourth-order valence-corrected chi connectivity index (χ4v) is 4.76. The number of nitrogens with zero attached hydrogens (tertiary/aromatic N) is 1. The van der Waals surface area contributed by atoms with Crippen molar-refractivity contribution in [2.75, 3.05) is 25.4 Å². The van der Waals surface area contributed by atoms with Gasteiger partial charge in [0.05, 0.1) is 10.9 Å². The van der Waals surface area contributed by atoms with E-state index in [0.29, 0.717) is 22.8 Å². The summed E-state index contributed by atoms with van der Waals surface area (Å²) in [6, 6.07) is 14.3. The molecule has 0 saturated carbocycles. The van der Waals surface area contributed by atoms with Gasteiger partial charge in [-0.25, -0.2) is 8.42 Å². The Bertz CT molecular complexity index is 1080. The van der Waals surface area contributed by atoms with Crippen LogP contribution in [0.4, 0.5) is 5.69 Å². The molecule has 9 heteroatoms. The monoisotopic (exact) mass is 463 g/mol. The van der Waals surface area contributed by atoms with Crippen LogP contribution >= 0.6 is 22.9 Å². The predicted octanol–water partition coefficient (Wildman–Crippen LogP) is 4.24. The third-order valence-corrected chi connectivity index (χ3v) is 6.88. The molecule has 2 aromatic carbocycles. The smallest absolute Gasteiger partial charge is 0.261 e. The summed E-state index contributed by atoms with van der Waals surface area (Å²) in [6.07, 6.45) is 0. The number of benzene rings is 2. The first kappa shape index (κ1) is 22.3. The van der Waals surface area contributed by atoms with E-state index < -0.39 is 10.0 Å². The normalized spacial score (nSPS) is 12.5. The Morgan fingerprint density at radius 3 is 2.30 bits per heavy atom. The second-order valence-electron chi connectivity index (χ2n) is 6.88. The number of hydrogen-bond donors (Lipinski definition) is 2. The van der Waals surface area contributed by atoms with Crippen molar-refractivity contribution in [3.05, 3.63) is 81.5 Å². The van der Waals surface area contributed by atoms with Crippen LogP contribution in [-0.2, 0) is 10.0 Å². The first-order chi connectivity index (χ1) is 14.3. The third kappa shape index (κ3) is 5.60. The maximum Gasteiger partial charge on any atom is 0.261 e. The van der Waals surface area contributed by atoms with Gasteiger partial charge < -0.3 is 10.2 Å². The van der Waals surface area contributed by atoms with Crippen molar-refractivity contribution in [2.24, 2.45) is 0 Å². The summed E-state index contributed by atoms with van der Waals surface area (Å²) in [5.74, 6) is -0.258. The second-order valence-corrected chi connectivity index (χ2v) is 9.78. The van der Waals surface area contributed by atoms with Crippen LogP contribution < -0.4 is 10.0 Å². The molecule has 0 aliphatic heterocycles. The first-order valence-corrected chi connectivity index (χ1v) is 11.9. The minimum absolute atomic E-state index is 0.0587. The molecule has 0 fully saturated rings. The van der Waals surface area contributed by atoms with Crippen LogP contribution in [-0.4, -0.2) is 39.9 Å². The number of likely N-dealkylation sites (N-methyl/N-ethyl adjacent to an activating group) is 1. The van der Waals surface area contributed by atoms with Gasteiger partial charge in [-0.05, 0) is 85.0 Å². The molecule has 1 atom stereocenters. The quantitative estimate of drug-likeness (QED) is 0.523. The molecule has 0 spiro atoms. The molecule has 6 nitrogen and oxygen atoms in total. The fraction of sp³-hybridized carbons (Fsp3) is 0.190. The van der Waals surface area contributed by atoms with Gasteiger partial charge in [-0.15, -0.1) is 0 Å². The SMILES string of the molecule is CN(C)C(CNC(=O)c1ccc(S(=O)(=O)Nc2ccc(Cl)cc2)cc1)c1ccsc1. The van der Waals surface area contributed by atoms with Crippen molar-refractivity contribution in [2.45, 2.75) is 10.9 Å². The van der Waals surface area contributed by atoms with E-state index in [0.717, 1.165) is 5.56 Å². The van der Waals surface area contributed by atoms with Gasteiger partial charge in [0, 0.05) is 22.8 Å². The number of nitrogens with one attached hydrogen (secondary N) is 2. The Hall–Kier alpha value is -2.39. The molecule has 1 unspecified atom stereocenters. The van der Waals surface area contributed by atoms with Crippen molar-refractivity contribution in [1.29, 1.82) is 0 Å². The van der Waals surface area contributed by atoms with E-state index in [1.807, 2.05) is 30.4 Å². The van der Waals surface area contributed by atoms with E-state index in [9.17, 15) is 13.2 Å². The standard InChI is InChI=1S/C21H22ClN3O3S2/c1-25(2)20(16-11-12-29-14-16)13-23-21(26)15-3-9-19(10-4-15)30(27,28)24-18-7-5-17(22)6-8-18/h3-12,14,20,24H,13H2,1-2H3,(H,23,26). The molecule has 0 bridgehead atoms. The summed E-state index contributed by atoms with van der Waals surface area (Å²) < 4.78 is 27.6. The van der Waals surface area contributed by atoms with Crippen molar-refractivity contribution < 1.29 is 13.2 Å². The Morgan fingerprint density at radius 1 is 1.07 bits per heavy atom. The molecule has 3 aromatic rings. The zero-order valence-corrected chi connectivity index (χ0v) is 18.9. The molecule has 158 valence electrons. The molecule has 2 N–H and O–H groups in total. The van der Waals surface area contributed by atoms with Crippen molar-refractivity contribution in [3.8, 4) is 0 Å². The highest BCUT2D eigenvalue weighted by Gasteiger charge is 2.18. The van der Waals surface area contributed by atoms with Crippen LogP contribution in [0.5, 0.6) is 0 Å². The van der Waals surface area contributed by atoms with Gasteiger partial charge in [0.15, 0.2) is 0 Å². The number of amides is 1. The number of sulfonamides is 1. The summed E-state index contributed by atoms with van der Waals surface area (Å²) in [5, 5.41) is 7.50. The van der Waals surface area contributed by atoms with Crippen LogP contribution in [0.25, 0.3) is 0 Å². The lowest BCUT2D eigenvalue weighted by molar-refractivity contribution is 0.0942. The minimum Gasteiger partial charge on any atom is -0.350 e. The highest BCUT2D eigenvalue weighted by atomic mass is 35.5. The molecule has 1 amide bonds. The van der Waals surface area contributed by atoms with E-state index in [1.165, 1.54) is 24.3 Å². The maximum absolute atomic E-state index is 12.5. The largest absolute Gasteiger partial charge is 0.350 e. The number of anilines is 1. The number of carbonyl (C=O) groups is 1. The lowest BCUT2D eigenvalue weighted by atomic mass is 10.1. The summed E-state index contributed by atoms with van der Waals surface area (Å²) in [7, 11) is 0.155. The summed E-state index contributed by atoms with van der Waals surface area (Å²) in [5.41, 5.74) is 1.94. The zero-order valence-electron chi connectivity index (χ0n) is 16.5. The van der Waals surface area contributed by atoms with E-state index in [-0.39, 0.29) is 16.8 Å². The van der Waals surface area contributed by atoms with Crippen LogP contribution in [0.3, 0.4) is 0 Å². The molecule has 1 aromatic heterocycles. The Labute approximate surface area is 185 Å². The number of hydrogen-bond acceptors (Lipinski definition) is 5. The van der Waals surface area contributed by atoms with Crippen LogP contribution in [0.1, 0.15) is 22.0 Å². The van der Waals surface area contributed by atoms with E-state index in [1.54, 1.807) is 35.6 Å². The minimum atomic E-state index is -3.77. The topological polar surface area (TPSA) is 78.5 Å². The summed E-state index contributed by atoms with van der Waals surface area (Å²) in [4.78, 5) is 14.6. The van der Waals surface area contributed by atoms with Crippen molar-refractivity contribution >= 4 is 44.6 Å². The van der Waals surface area contributed by atoms with Crippen molar-refractivity contribution in [1.82, 2.24) is 10.2 Å². The van der Waals surface area contributed by atoms with Gasteiger partial charge in [-0.2, -0.15) is 11.3 Å². The average Bonchev–Trinajstić information content (AvgIpc) is 3.24. The molecule has 0 radical (unpaired) electrons. The molecule has 0 saturated heterocycles. The zero-order chi connectivity index (χ0) is 21.7. The molecule has 0 aliphatic rings. The van der Waals surface area contributed by atoms with Gasteiger partial charge in [0.25, 0.3) is 15.9 Å². The first-order valence-electron chi connectivity index (χ1n) is 9.11. The molecule has 30 heavy (non-hydrogen) atoms. The summed E-state index contributed by atoms with van der Waals surface area (Å²) >= 11 is 7.43. The number of thiophene rings is 1. The fourth-order valence-electron chi connectivity index (χ4n) is 2.87. The molecule has 1 heterocycles. The maximum atomic E-state index is 12.5. The van der Waals surface area contributed by atoms with Gasteiger partial charge in [0.2, 0.25) is 0 Å². The molecule has 0 aliphatic carbocycles. The lowest BCUT2D eigenvalue weighted by Crippen LogP contribution is -2.34. The molecule has 3 rings (SSSR count). The summed E-state index contributed by atoms with van der Waals surface area (Å²) in [6.45, 7) is 0.445. The van der Waals surface area contributed by atoms with Crippen molar-refractivity contribution in [3.63, 3.8) is 0 Å². The molecular weight excluding hydrogens is 442 g/mol. The van der Waals surface area contributed by atoms with E-state index >= 15 is 0 Å². The van der Waals surface area contributed by atoms with Gasteiger partial charge >= 0.3 is 0 Å². The van der Waals surface area contributed by atoms with Crippen LogP contribution in [0.15, 0.2) is 70.3 Å². The van der Waals surface area contributed by atoms with Crippen LogP contribution in [0, 0.1) is 0 Å². The Kier molecular flexibility index (Phi) is 7.14. The number of halogens is 1. The van der Waals surface area contributed by atoms with Gasteiger partial charge in [0.1, 0.15) is 0 Å². The van der Waals surface area contributed by atoms with Gasteiger partial charge in [-0.3, -0.25) is 9.52 Å². The number of rotatable bonds is 8.